The van der Waals surface area contributed by atoms with Gasteiger partial charge >= 0.3 is 0 Å². The maximum Gasteiger partial charge on any atom is 0.254 e. The molecule has 2 heterocycles. The number of carbonyl (C=O) groups is 1. The number of anilines is 1. The van der Waals surface area contributed by atoms with Gasteiger partial charge in [0.05, 0.1) is 17.3 Å². The summed E-state index contributed by atoms with van der Waals surface area (Å²) in [4.78, 5) is 14.7. The lowest BCUT2D eigenvalue weighted by atomic mass is 10.0. The lowest BCUT2D eigenvalue weighted by Gasteiger charge is -2.36. The van der Waals surface area contributed by atoms with E-state index in [1.807, 2.05) is 0 Å². The van der Waals surface area contributed by atoms with Crippen LogP contribution in [0.1, 0.15) is 35.2 Å². The first-order chi connectivity index (χ1) is 14.4. The number of benzene rings is 2. The first kappa shape index (κ1) is 20.0. The zero-order chi connectivity index (χ0) is 21.3. The van der Waals surface area contributed by atoms with Crippen LogP contribution in [-0.4, -0.2) is 50.3 Å². The van der Waals surface area contributed by atoms with Crippen LogP contribution in [0, 0.1) is 0 Å². The molecule has 2 aromatic carbocycles. The summed E-state index contributed by atoms with van der Waals surface area (Å²) in [5.41, 5.74) is 7.29. The van der Waals surface area contributed by atoms with E-state index in [1.54, 1.807) is 23.1 Å². The molecule has 0 aliphatic carbocycles. The van der Waals surface area contributed by atoms with Gasteiger partial charge in [0.2, 0.25) is 11.2 Å². The normalized spacial score (nSPS) is 20.7. The molecule has 0 radical (unpaired) electrons. The van der Waals surface area contributed by atoms with Gasteiger partial charge in [0.25, 0.3) is 5.91 Å². The summed E-state index contributed by atoms with van der Waals surface area (Å²) >= 11 is -1.62. The van der Waals surface area contributed by atoms with Crippen molar-refractivity contribution in [1.29, 1.82) is 0 Å². The zero-order valence-corrected chi connectivity index (χ0v) is 16.9. The van der Waals surface area contributed by atoms with Crippen LogP contribution in [-0.2, 0) is 11.2 Å². The third-order valence-electron chi connectivity index (χ3n) is 5.13. The predicted octanol–water partition coefficient (Wildman–Crippen LogP) is 1.88. The van der Waals surface area contributed by atoms with Crippen LogP contribution < -0.4 is 15.2 Å². The number of carbonyl (C=O) groups excluding carboxylic acids is 1. The summed E-state index contributed by atoms with van der Waals surface area (Å²) in [7, 11) is 0. The molecule has 2 aromatic rings. The minimum absolute atomic E-state index is 0.129. The van der Waals surface area contributed by atoms with Crippen molar-refractivity contribution in [3.05, 3.63) is 47.5 Å². The number of piperidine rings is 1. The number of amidine groups is 1. The monoisotopic (exact) mass is 430 g/mol. The van der Waals surface area contributed by atoms with Gasteiger partial charge in [-0.1, -0.05) is 6.07 Å². The second kappa shape index (κ2) is 8.23. The molecule has 2 atom stereocenters. The average Bonchev–Trinajstić information content (AvgIpc) is 2.70. The topological polar surface area (TPSA) is 137 Å². The van der Waals surface area contributed by atoms with Crippen LogP contribution >= 0.6 is 0 Å². The van der Waals surface area contributed by atoms with Crippen molar-refractivity contribution in [3.63, 3.8) is 0 Å². The SMILES string of the molecule is NC1=NS(=O)Nc2cccc(OCC3CCCCN3C(=O)c3cc(O)cc(O)c3)c21. The van der Waals surface area contributed by atoms with Crippen LogP contribution in [0.15, 0.2) is 40.8 Å². The van der Waals surface area contributed by atoms with Crippen LogP contribution in [0.3, 0.4) is 0 Å². The van der Waals surface area contributed by atoms with E-state index in [-0.39, 0.29) is 41.5 Å². The van der Waals surface area contributed by atoms with Gasteiger partial charge in [-0.05, 0) is 43.5 Å². The predicted molar refractivity (Wildman–Crippen MR) is 113 cm³/mol. The fraction of sp³-hybridized carbons (Fsp3) is 0.300. The Labute approximate surface area is 175 Å². The second-order valence-corrected chi connectivity index (χ2v) is 8.09. The maximum atomic E-state index is 13.0. The number of nitrogens with one attached hydrogen (secondary N) is 1. The first-order valence-corrected chi connectivity index (χ1v) is 10.7. The number of ether oxygens (including phenoxy) is 1. The van der Waals surface area contributed by atoms with Gasteiger partial charge in [-0.2, -0.15) is 4.40 Å². The maximum absolute atomic E-state index is 13.0. The highest BCUT2D eigenvalue weighted by Crippen LogP contribution is 2.31. The number of nitrogens with zero attached hydrogens (tertiary/aromatic N) is 2. The van der Waals surface area contributed by atoms with Gasteiger partial charge < -0.3 is 25.6 Å². The van der Waals surface area contributed by atoms with Gasteiger partial charge in [0.15, 0.2) is 0 Å². The summed E-state index contributed by atoms with van der Waals surface area (Å²) in [6.07, 6.45) is 2.58. The number of hydrogen-bond acceptors (Lipinski definition) is 6. The molecule has 2 unspecified atom stereocenters. The molecule has 9 nitrogen and oxygen atoms in total. The van der Waals surface area contributed by atoms with Gasteiger partial charge in [0, 0.05) is 18.2 Å². The Morgan fingerprint density at radius 3 is 2.80 bits per heavy atom. The van der Waals surface area contributed by atoms with Crippen molar-refractivity contribution in [2.24, 2.45) is 10.1 Å². The van der Waals surface area contributed by atoms with Gasteiger partial charge in [0.1, 0.15) is 29.7 Å². The first-order valence-electron chi connectivity index (χ1n) is 9.55. The highest BCUT2D eigenvalue weighted by atomic mass is 32.2. The molecular formula is C20H22N4O5S. The number of hydrogen-bond donors (Lipinski definition) is 4. The molecule has 1 fully saturated rings. The number of phenolic OH excluding ortho intramolecular Hbond substituents is 2. The van der Waals surface area contributed by atoms with E-state index in [0.717, 1.165) is 19.3 Å². The summed E-state index contributed by atoms with van der Waals surface area (Å²) < 4.78 is 24.3. The van der Waals surface area contributed by atoms with E-state index >= 15 is 0 Å². The molecular weight excluding hydrogens is 408 g/mol. The number of likely N-dealkylation sites (tertiary alicyclic amines) is 1. The smallest absolute Gasteiger partial charge is 0.254 e. The Bertz CT molecular complexity index is 1020. The molecule has 0 spiro atoms. The van der Waals surface area contributed by atoms with Gasteiger partial charge in [-0.25, -0.2) is 4.21 Å². The van der Waals surface area contributed by atoms with E-state index in [4.69, 9.17) is 10.5 Å². The fourth-order valence-corrected chi connectivity index (χ4v) is 4.44. The minimum Gasteiger partial charge on any atom is -0.508 e. The highest BCUT2D eigenvalue weighted by molar-refractivity contribution is 7.85. The van der Waals surface area contributed by atoms with Crippen molar-refractivity contribution < 1.29 is 24.0 Å². The lowest BCUT2D eigenvalue weighted by molar-refractivity contribution is 0.0527. The molecule has 0 bridgehead atoms. The van der Waals surface area contributed by atoms with E-state index < -0.39 is 11.2 Å². The van der Waals surface area contributed by atoms with Crippen LogP contribution in [0.25, 0.3) is 0 Å². The largest absolute Gasteiger partial charge is 0.508 e. The summed E-state index contributed by atoms with van der Waals surface area (Å²) in [5.74, 6) is 0.00981. The highest BCUT2D eigenvalue weighted by Gasteiger charge is 2.29. The quantitative estimate of drug-likeness (QED) is 0.584. The van der Waals surface area contributed by atoms with E-state index in [2.05, 4.69) is 9.12 Å². The number of rotatable bonds is 4. The fourth-order valence-electron chi connectivity index (χ4n) is 3.76. The molecule has 0 aromatic heterocycles. The van der Waals surface area contributed by atoms with Crippen molar-refractivity contribution in [3.8, 4) is 17.2 Å². The molecule has 30 heavy (non-hydrogen) atoms. The Balaban J connectivity index is 1.53. The molecule has 5 N–H and O–H groups in total. The lowest BCUT2D eigenvalue weighted by Crippen LogP contribution is -2.46. The summed E-state index contributed by atoms with van der Waals surface area (Å²) in [6, 6.07) is 8.92. The minimum atomic E-state index is -1.62. The molecule has 1 amide bonds. The van der Waals surface area contributed by atoms with Crippen LogP contribution in [0.2, 0.25) is 0 Å². The van der Waals surface area contributed by atoms with E-state index in [1.165, 1.54) is 18.2 Å². The molecule has 2 aliphatic rings. The third-order valence-corrected chi connectivity index (χ3v) is 5.89. The Morgan fingerprint density at radius 2 is 2.03 bits per heavy atom. The molecule has 4 rings (SSSR count). The number of fused-ring (bicyclic) bond motifs is 1. The zero-order valence-electron chi connectivity index (χ0n) is 16.1. The van der Waals surface area contributed by atoms with E-state index in [0.29, 0.717) is 23.5 Å². The number of amides is 1. The van der Waals surface area contributed by atoms with Crippen molar-refractivity contribution in [1.82, 2.24) is 4.90 Å². The molecule has 0 saturated carbocycles. The van der Waals surface area contributed by atoms with Gasteiger partial charge in [-0.15, -0.1) is 0 Å². The molecule has 2 aliphatic heterocycles. The van der Waals surface area contributed by atoms with Crippen LogP contribution in [0.5, 0.6) is 17.2 Å². The van der Waals surface area contributed by atoms with Crippen molar-refractivity contribution in [2.75, 3.05) is 17.9 Å². The number of aromatic hydroxyl groups is 2. The summed E-state index contributed by atoms with van der Waals surface area (Å²) in [6.45, 7) is 0.795. The van der Waals surface area contributed by atoms with Crippen molar-refractivity contribution >= 4 is 28.6 Å². The van der Waals surface area contributed by atoms with Gasteiger partial charge in [-0.3, -0.25) is 9.52 Å². The Kier molecular flexibility index (Phi) is 5.49. The Hall–Kier alpha value is -3.27. The number of nitrogens with two attached hydrogens (primary N) is 1. The van der Waals surface area contributed by atoms with Crippen LogP contribution in [0.4, 0.5) is 5.69 Å². The average molecular weight is 430 g/mol. The van der Waals surface area contributed by atoms with E-state index in [9.17, 15) is 19.2 Å². The molecule has 10 heteroatoms. The molecule has 1 saturated heterocycles. The third kappa shape index (κ3) is 4.04. The standard InChI is InChI=1S/C20H22N4O5S/c21-19-18-16(22-30(28)23-19)5-3-6-17(18)29-11-13-4-1-2-7-24(13)20(27)12-8-14(25)10-15(26)9-12/h3,5-6,8-10,13,22,25-26H,1-2,4,7,11H2,(H2,21,23). The Morgan fingerprint density at radius 1 is 1.27 bits per heavy atom. The number of phenols is 2. The second-order valence-electron chi connectivity index (χ2n) is 7.20. The molecule has 158 valence electrons. The summed E-state index contributed by atoms with van der Waals surface area (Å²) in [5, 5.41) is 19.4. The van der Waals surface area contributed by atoms with Crippen molar-refractivity contribution in [2.45, 2.75) is 25.3 Å².